The van der Waals surface area contributed by atoms with Crippen LogP contribution in [0.1, 0.15) is 60.1 Å². The predicted octanol–water partition coefficient (Wildman–Crippen LogP) is 7.24. The number of benzene rings is 3. The summed E-state index contributed by atoms with van der Waals surface area (Å²) in [7, 11) is 0. The van der Waals surface area contributed by atoms with E-state index in [0.29, 0.717) is 12.8 Å². The number of hydrogen-bond acceptors (Lipinski definition) is 2. The van der Waals surface area contributed by atoms with Gasteiger partial charge < -0.3 is 0 Å². The molecule has 0 amide bonds. The number of carbonyl (C=O) groups is 2. The molecule has 0 heterocycles. The Bertz CT molecular complexity index is 1020. The molecule has 0 atom stereocenters. The van der Waals surface area contributed by atoms with Crippen molar-refractivity contribution >= 4 is 23.7 Å². The Hall–Kier alpha value is -3.52. The van der Waals surface area contributed by atoms with E-state index in [1.165, 1.54) is 11.1 Å². The van der Waals surface area contributed by atoms with Gasteiger partial charge in [0.15, 0.2) is 11.6 Å². The molecule has 0 saturated heterocycles. The maximum Gasteiger partial charge on any atom is 0.160 e. The first-order valence-corrected chi connectivity index (χ1v) is 12.2. The van der Waals surface area contributed by atoms with Crippen molar-refractivity contribution in [2.45, 2.75) is 52.4 Å². The zero-order chi connectivity index (χ0) is 24.2. The van der Waals surface area contributed by atoms with Gasteiger partial charge in [0.25, 0.3) is 0 Å². The SMILES string of the molecule is CCCc1ccc(C=CC(=O)Cc2ccc(CC(=O)C=Cc3ccc(CCC)cc3)cc2)cc1. The van der Waals surface area contributed by atoms with Crippen LogP contribution in [0.5, 0.6) is 0 Å². The molecule has 0 fully saturated rings. The molecule has 0 aliphatic rings. The van der Waals surface area contributed by atoms with Crippen LogP contribution < -0.4 is 0 Å². The van der Waals surface area contributed by atoms with Gasteiger partial charge in [-0.25, -0.2) is 0 Å². The Morgan fingerprint density at radius 3 is 1.18 bits per heavy atom. The molecule has 34 heavy (non-hydrogen) atoms. The molecule has 2 nitrogen and oxygen atoms in total. The molecule has 0 bridgehead atoms. The summed E-state index contributed by atoms with van der Waals surface area (Å²) in [6, 6.07) is 24.4. The molecule has 0 N–H and O–H groups in total. The summed E-state index contributed by atoms with van der Waals surface area (Å²) < 4.78 is 0. The number of allylic oxidation sites excluding steroid dienone is 2. The highest BCUT2D eigenvalue weighted by Gasteiger charge is 2.04. The fraction of sp³-hybridized carbons (Fsp3) is 0.250. The Balaban J connectivity index is 1.48. The van der Waals surface area contributed by atoms with Gasteiger partial charge >= 0.3 is 0 Å². The third-order valence-corrected chi connectivity index (χ3v) is 5.74. The topological polar surface area (TPSA) is 34.1 Å². The Kier molecular flexibility index (Phi) is 9.79. The lowest BCUT2D eigenvalue weighted by atomic mass is 10.0. The van der Waals surface area contributed by atoms with Crippen LogP contribution in [-0.4, -0.2) is 11.6 Å². The third kappa shape index (κ3) is 8.44. The number of aryl methyl sites for hydroxylation is 2. The van der Waals surface area contributed by atoms with E-state index in [4.69, 9.17) is 0 Å². The van der Waals surface area contributed by atoms with Crippen molar-refractivity contribution < 1.29 is 9.59 Å². The fourth-order valence-electron chi connectivity index (χ4n) is 3.84. The molecule has 0 spiro atoms. The summed E-state index contributed by atoms with van der Waals surface area (Å²) in [5, 5.41) is 0. The van der Waals surface area contributed by atoms with E-state index in [1.807, 2.05) is 36.4 Å². The quantitative estimate of drug-likeness (QED) is 0.273. The van der Waals surface area contributed by atoms with Crippen LogP contribution >= 0.6 is 0 Å². The summed E-state index contributed by atoms with van der Waals surface area (Å²) in [5.74, 6) is 0.128. The highest BCUT2D eigenvalue weighted by atomic mass is 16.1. The van der Waals surface area contributed by atoms with Gasteiger partial charge in [-0.05, 0) is 58.4 Å². The molecule has 0 unspecified atom stereocenters. The lowest BCUT2D eigenvalue weighted by Gasteiger charge is -2.02. The van der Waals surface area contributed by atoms with E-state index in [0.717, 1.165) is 47.9 Å². The van der Waals surface area contributed by atoms with E-state index < -0.39 is 0 Å². The molecule has 3 aromatic carbocycles. The summed E-state index contributed by atoms with van der Waals surface area (Å²) in [5.41, 5.74) is 6.61. The molecule has 0 radical (unpaired) electrons. The van der Waals surface area contributed by atoms with Crippen LogP contribution in [-0.2, 0) is 35.3 Å². The summed E-state index contributed by atoms with van der Waals surface area (Å²) >= 11 is 0. The van der Waals surface area contributed by atoms with Crippen LogP contribution in [0.4, 0.5) is 0 Å². The van der Waals surface area contributed by atoms with E-state index in [9.17, 15) is 9.59 Å². The van der Waals surface area contributed by atoms with Crippen molar-refractivity contribution in [3.63, 3.8) is 0 Å². The van der Waals surface area contributed by atoms with Gasteiger partial charge in [0.1, 0.15) is 0 Å². The van der Waals surface area contributed by atoms with Gasteiger partial charge in [-0.3, -0.25) is 9.59 Å². The lowest BCUT2D eigenvalue weighted by molar-refractivity contribution is -0.114. The van der Waals surface area contributed by atoms with E-state index >= 15 is 0 Å². The summed E-state index contributed by atoms with van der Waals surface area (Å²) in [6.07, 6.45) is 12.2. The molecular formula is C32H34O2. The second kappa shape index (κ2) is 13.3. The van der Waals surface area contributed by atoms with Crippen LogP contribution in [0.3, 0.4) is 0 Å². The molecule has 174 valence electrons. The number of ketones is 2. The highest BCUT2D eigenvalue weighted by Crippen LogP contribution is 2.12. The van der Waals surface area contributed by atoms with Crippen LogP contribution in [0, 0.1) is 0 Å². The van der Waals surface area contributed by atoms with Crippen molar-refractivity contribution in [3.8, 4) is 0 Å². The maximum absolute atomic E-state index is 12.3. The van der Waals surface area contributed by atoms with Crippen molar-refractivity contribution in [2.24, 2.45) is 0 Å². The van der Waals surface area contributed by atoms with Crippen LogP contribution in [0.2, 0.25) is 0 Å². The molecule has 0 saturated carbocycles. The van der Waals surface area contributed by atoms with Gasteiger partial charge in [-0.1, -0.05) is 112 Å². The Morgan fingerprint density at radius 1 is 0.529 bits per heavy atom. The van der Waals surface area contributed by atoms with Gasteiger partial charge in [0.2, 0.25) is 0 Å². The minimum Gasteiger partial charge on any atom is -0.294 e. The minimum atomic E-state index is 0.0642. The van der Waals surface area contributed by atoms with Crippen LogP contribution in [0.15, 0.2) is 84.9 Å². The first kappa shape index (κ1) is 25.1. The van der Waals surface area contributed by atoms with E-state index in [1.54, 1.807) is 12.2 Å². The van der Waals surface area contributed by atoms with Crippen LogP contribution in [0.25, 0.3) is 12.2 Å². The second-order valence-corrected chi connectivity index (χ2v) is 8.75. The summed E-state index contributed by atoms with van der Waals surface area (Å²) in [4.78, 5) is 24.7. The number of rotatable bonds is 12. The Morgan fingerprint density at radius 2 is 0.853 bits per heavy atom. The maximum atomic E-state index is 12.3. The second-order valence-electron chi connectivity index (χ2n) is 8.75. The fourth-order valence-corrected chi connectivity index (χ4v) is 3.84. The molecule has 3 aromatic rings. The molecule has 2 heteroatoms. The number of carbonyl (C=O) groups excluding carboxylic acids is 2. The zero-order valence-corrected chi connectivity index (χ0v) is 20.3. The minimum absolute atomic E-state index is 0.0642. The van der Waals surface area contributed by atoms with Crippen molar-refractivity contribution in [3.05, 3.63) is 118 Å². The van der Waals surface area contributed by atoms with Crippen molar-refractivity contribution in [1.82, 2.24) is 0 Å². The first-order valence-electron chi connectivity index (χ1n) is 12.2. The Labute approximate surface area is 204 Å². The van der Waals surface area contributed by atoms with Gasteiger partial charge in [-0.15, -0.1) is 0 Å². The van der Waals surface area contributed by atoms with E-state index in [-0.39, 0.29) is 11.6 Å². The standard InChI is InChI=1S/C32H34O2/c1-3-5-25-7-11-27(12-8-25)19-21-31(33)23-29-15-17-30(18-16-29)24-32(34)22-20-28-13-9-26(6-4-2)10-14-28/h7-22H,3-6,23-24H2,1-2H3. The molecule has 0 aromatic heterocycles. The third-order valence-electron chi connectivity index (χ3n) is 5.74. The molecule has 0 aliphatic heterocycles. The molecule has 3 rings (SSSR count). The molecule has 0 aliphatic carbocycles. The predicted molar refractivity (Wildman–Crippen MR) is 143 cm³/mol. The lowest BCUT2D eigenvalue weighted by Crippen LogP contribution is -2.01. The summed E-state index contributed by atoms with van der Waals surface area (Å²) in [6.45, 7) is 4.34. The zero-order valence-electron chi connectivity index (χ0n) is 20.3. The average molecular weight is 451 g/mol. The van der Waals surface area contributed by atoms with Crippen molar-refractivity contribution in [1.29, 1.82) is 0 Å². The van der Waals surface area contributed by atoms with Gasteiger partial charge in [-0.2, -0.15) is 0 Å². The highest BCUT2D eigenvalue weighted by molar-refractivity contribution is 5.96. The largest absolute Gasteiger partial charge is 0.294 e. The first-order chi connectivity index (χ1) is 16.6. The normalized spacial score (nSPS) is 11.4. The van der Waals surface area contributed by atoms with E-state index in [2.05, 4.69) is 62.4 Å². The van der Waals surface area contributed by atoms with Gasteiger partial charge in [0.05, 0.1) is 0 Å². The molecular weight excluding hydrogens is 416 g/mol. The van der Waals surface area contributed by atoms with Crippen molar-refractivity contribution in [2.75, 3.05) is 0 Å². The average Bonchev–Trinajstić information content (AvgIpc) is 2.85. The van der Waals surface area contributed by atoms with Gasteiger partial charge in [0, 0.05) is 12.8 Å². The monoisotopic (exact) mass is 450 g/mol. The smallest absolute Gasteiger partial charge is 0.160 e. The number of hydrogen-bond donors (Lipinski definition) is 0.